The largest absolute Gasteiger partial charge is 0.497 e. The van der Waals surface area contributed by atoms with Gasteiger partial charge in [-0.2, -0.15) is 4.80 Å². The van der Waals surface area contributed by atoms with E-state index in [0.717, 1.165) is 35.5 Å². The Morgan fingerprint density at radius 2 is 1.97 bits per heavy atom. The number of ether oxygens (including phenoxy) is 2. The summed E-state index contributed by atoms with van der Waals surface area (Å²) in [6, 6.07) is 15.2. The van der Waals surface area contributed by atoms with Crippen LogP contribution in [0.4, 0.5) is 0 Å². The first-order chi connectivity index (χ1) is 14.2. The third kappa shape index (κ3) is 3.91. The first kappa shape index (κ1) is 18.9. The Kier molecular flexibility index (Phi) is 5.41. The summed E-state index contributed by atoms with van der Waals surface area (Å²) in [4.78, 5) is 16.2. The van der Waals surface area contributed by atoms with Crippen LogP contribution in [0, 0.1) is 0 Å². The molecule has 0 saturated carbocycles. The molecule has 4 rings (SSSR count). The normalized spacial score (nSPS) is 16.1. The Morgan fingerprint density at radius 1 is 1.14 bits per heavy atom. The van der Waals surface area contributed by atoms with Crippen LogP contribution in [0.15, 0.2) is 48.5 Å². The van der Waals surface area contributed by atoms with E-state index < -0.39 is 0 Å². The third-order valence-electron chi connectivity index (χ3n) is 5.13. The number of tetrazole rings is 1. The van der Waals surface area contributed by atoms with Crippen molar-refractivity contribution in [3.05, 3.63) is 54.1 Å². The van der Waals surface area contributed by atoms with Crippen molar-refractivity contribution in [1.82, 2.24) is 25.1 Å². The van der Waals surface area contributed by atoms with Crippen molar-refractivity contribution in [2.75, 3.05) is 20.8 Å². The predicted molar refractivity (Wildman–Crippen MR) is 106 cm³/mol. The van der Waals surface area contributed by atoms with Gasteiger partial charge in [0.25, 0.3) is 0 Å². The Labute approximate surface area is 169 Å². The van der Waals surface area contributed by atoms with Crippen LogP contribution >= 0.6 is 0 Å². The summed E-state index contributed by atoms with van der Waals surface area (Å²) in [6.07, 6.45) is 1.80. The minimum absolute atomic E-state index is 0.0443. The van der Waals surface area contributed by atoms with Gasteiger partial charge in [-0.05, 0) is 36.3 Å². The van der Waals surface area contributed by atoms with Gasteiger partial charge >= 0.3 is 0 Å². The number of likely N-dealkylation sites (tertiary alicyclic amines) is 1. The second kappa shape index (κ2) is 8.30. The fourth-order valence-corrected chi connectivity index (χ4v) is 3.71. The zero-order valence-electron chi connectivity index (χ0n) is 16.5. The summed E-state index contributed by atoms with van der Waals surface area (Å²) in [5, 5.41) is 12.5. The molecule has 0 spiro atoms. The highest BCUT2D eigenvalue weighted by molar-refractivity contribution is 5.77. The van der Waals surface area contributed by atoms with Crippen molar-refractivity contribution in [3.63, 3.8) is 0 Å². The molecule has 1 atom stereocenters. The fourth-order valence-electron chi connectivity index (χ4n) is 3.71. The molecule has 1 saturated heterocycles. The maximum Gasteiger partial charge on any atom is 0.246 e. The van der Waals surface area contributed by atoms with Gasteiger partial charge in [-0.15, -0.1) is 10.2 Å². The molecule has 3 aromatic rings. The maximum absolute atomic E-state index is 13.0. The molecule has 0 bridgehead atoms. The highest BCUT2D eigenvalue weighted by Gasteiger charge is 2.32. The van der Waals surface area contributed by atoms with Crippen LogP contribution in [0.25, 0.3) is 11.4 Å². The first-order valence-corrected chi connectivity index (χ1v) is 9.54. The van der Waals surface area contributed by atoms with Crippen LogP contribution in [0.5, 0.6) is 11.5 Å². The molecule has 0 N–H and O–H groups in total. The SMILES string of the molecule is COc1ccc(OC)c(C2CCCN2C(=O)Cn2nnc(-c3ccccc3)n2)c1. The lowest BCUT2D eigenvalue weighted by atomic mass is 10.0. The van der Waals surface area contributed by atoms with Crippen molar-refractivity contribution in [2.45, 2.75) is 25.4 Å². The van der Waals surface area contributed by atoms with Crippen molar-refractivity contribution >= 4 is 5.91 Å². The average Bonchev–Trinajstić information content (AvgIpc) is 3.43. The number of benzene rings is 2. The van der Waals surface area contributed by atoms with Crippen molar-refractivity contribution in [3.8, 4) is 22.9 Å². The van der Waals surface area contributed by atoms with Gasteiger partial charge in [-0.3, -0.25) is 4.79 Å². The van der Waals surface area contributed by atoms with Crippen LogP contribution < -0.4 is 9.47 Å². The lowest BCUT2D eigenvalue weighted by molar-refractivity contribution is -0.133. The zero-order chi connectivity index (χ0) is 20.2. The van der Waals surface area contributed by atoms with Gasteiger partial charge in [0, 0.05) is 17.7 Å². The predicted octanol–water partition coefficient (Wildman–Crippen LogP) is 2.72. The topological polar surface area (TPSA) is 82.4 Å². The molecule has 1 amide bonds. The summed E-state index contributed by atoms with van der Waals surface area (Å²) in [5.41, 5.74) is 1.82. The molecule has 1 fully saturated rings. The molecule has 8 nitrogen and oxygen atoms in total. The van der Waals surface area contributed by atoms with E-state index in [4.69, 9.17) is 9.47 Å². The molecule has 0 radical (unpaired) electrons. The maximum atomic E-state index is 13.0. The number of carbonyl (C=O) groups excluding carboxylic acids is 1. The second-order valence-electron chi connectivity index (χ2n) is 6.86. The average molecular weight is 393 g/mol. The Balaban J connectivity index is 1.52. The number of carbonyl (C=O) groups is 1. The Morgan fingerprint density at radius 3 is 2.72 bits per heavy atom. The van der Waals surface area contributed by atoms with E-state index >= 15 is 0 Å². The van der Waals surface area contributed by atoms with Gasteiger partial charge in [-0.1, -0.05) is 30.3 Å². The zero-order valence-corrected chi connectivity index (χ0v) is 16.5. The molecule has 1 aliphatic rings. The molecular formula is C21H23N5O3. The van der Waals surface area contributed by atoms with E-state index in [-0.39, 0.29) is 18.5 Å². The number of hydrogen-bond donors (Lipinski definition) is 0. The number of amides is 1. The van der Waals surface area contributed by atoms with E-state index in [1.807, 2.05) is 53.4 Å². The lowest BCUT2D eigenvalue weighted by Gasteiger charge is -2.26. The van der Waals surface area contributed by atoms with Gasteiger partial charge in [0.05, 0.1) is 20.3 Å². The summed E-state index contributed by atoms with van der Waals surface area (Å²) < 4.78 is 10.9. The minimum atomic E-state index is -0.0651. The van der Waals surface area contributed by atoms with Gasteiger partial charge in [0.15, 0.2) is 0 Å². The summed E-state index contributed by atoms with van der Waals surface area (Å²) in [7, 11) is 3.26. The second-order valence-corrected chi connectivity index (χ2v) is 6.86. The minimum Gasteiger partial charge on any atom is -0.497 e. The fraction of sp³-hybridized carbons (Fsp3) is 0.333. The molecule has 0 aliphatic carbocycles. The molecule has 2 heterocycles. The molecule has 2 aromatic carbocycles. The van der Waals surface area contributed by atoms with E-state index in [0.29, 0.717) is 12.4 Å². The van der Waals surface area contributed by atoms with Crippen molar-refractivity contribution < 1.29 is 14.3 Å². The van der Waals surface area contributed by atoms with E-state index in [9.17, 15) is 4.79 Å². The monoisotopic (exact) mass is 393 g/mol. The number of methoxy groups -OCH3 is 2. The van der Waals surface area contributed by atoms with Crippen LogP contribution in [0.1, 0.15) is 24.4 Å². The Bertz CT molecular complexity index is 989. The quantitative estimate of drug-likeness (QED) is 0.640. The van der Waals surface area contributed by atoms with E-state index in [1.165, 1.54) is 4.80 Å². The standard InChI is InChI=1S/C21H23N5O3/c1-28-16-10-11-19(29-2)17(13-16)18-9-6-12-25(18)20(27)14-26-23-21(22-24-26)15-7-4-3-5-8-15/h3-5,7-8,10-11,13,18H,6,9,12,14H2,1-2H3. The van der Waals surface area contributed by atoms with Crippen molar-refractivity contribution in [1.29, 1.82) is 0 Å². The van der Waals surface area contributed by atoms with Gasteiger partial charge < -0.3 is 14.4 Å². The first-order valence-electron chi connectivity index (χ1n) is 9.54. The molecule has 8 heteroatoms. The number of aromatic nitrogens is 4. The van der Waals surface area contributed by atoms with Gasteiger partial charge in [-0.25, -0.2) is 0 Å². The highest BCUT2D eigenvalue weighted by Crippen LogP contribution is 2.39. The van der Waals surface area contributed by atoms with Gasteiger partial charge in [0.1, 0.15) is 18.0 Å². The summed E-state index contributed by atoms with van der Waals surface area (Å²) in [5.74, 6) is 1.95. The number of nitrogens with zero attached hydrogens (tertiary/aromatic N) is 5. The summed E-state index contributed by atoms with van der Waals surface area (Å²) in [6.45, 7) is 0.729. The van der Waals surface area contributed by atoms with Crippen LogP contribution in [0.2, 0.25) is 0 Å². The number of rotatable bonds is 6. The molecular weight excluding hydrogens is 370 g/mol. The highest BCUT2D eigenvalue weighted by atomic mass is 16.5. The van der Waals surface area contributed by atoms with E-state index in [1.54, 1.807) is 14.2 Å². The molecule has 1 aliphatic heterocycles. The van der Waals surface area contributed by atoms with Crippen molar-refractivity contribution in [2.24, 2.45) is 0 Å². The van der Waals surface area contributed by atoms with E-state index in [2.05, 4.69) is 15.4 Å². The molecule has 29 heavy (non-hydrogen) atoms. The molecule has 1 aromatic heterocycles. The summed E-state index contributed by atoms with van der Waals surface area (Å²) >= 11 is 0. The smallest absolute Gasteiger partial charge is 0.246 e. The number of hydrogen-bond acceptors (Lipinski definition) is 6. The van der Waals surface area contributed by atoms with Gasteiger partial charge in [0.2, 0.25) is 11.7 Å². The third-order valence-corrected chi connectivity index (χ3v) is 5.13. The molecule has 1 unspecified atom stereocenters. The Hall–Kier alpha value is -3.42. The van der Waals surface area contributed by atoms with Crippen LogP contribution in [-0.2, 0) is 11.3 Å². The van der Waals surface area contributed by atoms with Crippen LogP contribution in [-0.4, -0.2) is 51.8 Å². The van der Waals surface area contributed by atoms with Crippen LogP contribution in [0.3, 0.4) is 0 Å². The lowest BCUT2D eigenvalue weighted by Crippen LogP contribution is -2.34. The molecule has 150 valence electrons.